The van der Waals surface area contributed by atoms with E-state index in [1.54, 1.807) is 53.1 Å². The number of hydrogen-bond acceptors (Lipinski definition) is 3. The molecule has 4 nitrogen and oxygen atoms in total. The number of carboxylic acid groups (broad SMARTS) is 1. The van der Waals surface area contributed by atoms with Crippen molar-refractivity contribution in [2.75, 3.05) is 6.26 Å². The van der Waals surface area contributed by atoms with Gasteiger partial charge in [0.15, 0.2) is 0 Å². The molecule has 1 aliphatic heterocycles. The zero-order valence-electron chi connectivity index (χ0n) is 16.3. The summed E-state index contributed by atoms with van der Waals surface area (Å²) in [7, 11) is 0. The quantitative estimate of drug-likeness (QED) is 0.582. The molecule has 1 aliphatic rings. The molecular weight excluding hydrogens is 401 g/mol. The molecule has 0 spiro atoms. The highest BCUT2D eigenvalue weighted by Gasteiger charge is 2.44. The SMILES string of the molecule is CSc1ccc([C@H]2[C@@H](C(=O)O)c3ccccc3C(=O)N2Cc2ccc(F)cc2)cc1. The van der Waals surface area contributed by atoms with Crippen molar-refractivity contribution in [1.82, 2.24) is 4.90 Å². The second-order valence-corrected chi connectivity index (χ2v) is 8.06. The number of carboxylic acids is 1. The normalized spacial score (nSPS) is 18.2. The van der Waals surface area contributed by atoms with Crippen LogP contribution in [0.5, 0.6) is 0 Å². The van der Waals surface area contributed by atoms with Crippen LogP contribution in [0.1, 0.15) is 39.0 Å². The standard InChI is InChI=1S/C24H20FNO3S/c1-30-18-12-8-16(9-13-18)22-21(24(28)29)19-4-2-3-5-20(19)23(27)26(22)14-15-6-10-17(25)11-7-15/h2-13,21-22H,14H2,1H3,(H,28,29)/t21-,22-/m0/s1. The first-order valence-electron chi connectivity index (χ1n) is 9.50. The molecule has 3 aromatic rings. The molecule has 6 heteroatoms. The van der Waals surface area contributed by atoms with E-state index in [9.17, 15) is 19.1 Å². The maximum absolute atomic E-state index is 13.4. The average molecular weight is 421 g/mol. The van der Waals surface area contributed by atoms with Gasteiger partial charge in [-0.3, -0.25) is 9.59 Å². The Labute approximate surface area is 178 Å². The molecule has 3 aromatic carbocycles. The van der Waals surface area contributed by atoms with Crippen LogP contribution in [0.3, 0.4) is 0 Å². The third-order valence-corrected chi connectivity index (χ3v) is 6.17. The van der Waals surface area contributed by atoms with E-state index in [0.717, 1.165) is 16.0 Å². The molecule has 0 fully saturated rings. The van der Waals surface area contributed by atoms with Gasteiger partial charge >= 0.3 is 5.97 Å². The predicted molar refractivity (Wildman–Crippen MR) is 114 cm³/mol. The minimum absolute atomic E-state index is 0.187. The first kappa shape index (κ1) is 20.2. The molecule has 0 bridgehead atoms. The molecule has 0 saturated heterocycles. The molecule has 0 saturated carbocycles. The van der Waals surface area contributed by atoms with Crippen molar-refractivity contribution in [3.63, 3.8) is 0 Å². The lowest BCUT2D eigenvalue weighted by molar-refractivity contribution is -0.140. The van der Waals surface area contributed by atoms with Crippen LogP contribution in [-0.2, 0) is 11.3 Å². The summed E-state index contributed by atoms with van der Waals surface area (Å²) in [6.45, 7) is 0.187. The van der Waals surface area contributed by atoms with Gasteiger partial charge in [-0.25, -0.2) is 4.39 Å². The Morgan fingerprint density at radius 2 is 1.70 bits per heavy atom. The van der Waals surface area contributed by atoms with Crippen molar-refractivity contribution in [3.8, 4) is 0 Å². The van der Waals surface area contributed by atoms with Crippen LogP contribution >= 0.6 is 11.8 Å². The molecule has 1 amide bonds. The third kappa shape index (κ3) is 3.71. The maximum atomic E-state index is 13.4. The fraction of sp³-hybridized carbons (Fsp3) is 0.167. The van der Waals surface area contributed by atoms with Crippen molar-refractivity contribution in [2.24, 2.45) is 0 Å². The first-order chi connectivity index (χ1) is 14.5. The van der Waals surface area contributed by atoms with E-state index in [1.165, 1.54) is 12.1 Å². The maximum Gasteiger partial charge on any atom is 0.313 e. The van der Waals surface area contributed by atoms with Gasteiger partial charge in [-0.05, 0) is 53.3 Å². The van der Waals surface area contributed by atoms with E-state index in [-0.39, 0.29) is 18.3 Å². The van der Waals surface area contributed by atoms with Gasteiger partial charge in [-0.15, -0.1) is 11.8 Å². The molecule has 4 rings (SSSR count). The first-order valence-corrected chi connectivity index (χ1v) is 10.7. The summed E-state index contributed by atoms with van der Waals surface area (Å²) in [6, 6.07) is 19.7. The number of hydrogen-bond donors (Lipinski definition) is 1. The molecule has 0 aliphatic carbocycles. The van der Waals surface area contributed by atoms with Crippen LogP contribution in [-0.4, -0.2) is 28.1 Å². The Morgan fingerprint density at radius 3 is 2.33 bits per heavy atom. The lowest BCUT2D eigenvalue weighted by Gasteiger charge is -2.41. The Hall–Kier alpha value is -3.12. The lowest BCUT2D eigenvalue weighted by atomic mass is 9.79. The number of thioether (sulfide) groups is 1. The van der Waals surface area contributed by atoms with E-state index in [1.807, 2.05) is 30.5 Å². The summed E-state index contributed by atoms with van der Waals surface area (Å²) in [6.07, 6.45) is 1.97. The topological polar surface area (TPSA) is 57.6 Å². The lowest BCUT2D eigenvalue weighted by Crippen LogP contribution is -2.44. The number of fused-ring (bicyclic) bond motifs is 1. The molecule has 0 radical (unpaired) electrons. The molecule has 1 N–H and O–H groups in total. The summed E-state index contributed by atoms with van der Waals surface area (Å²) >= 11 is 1.59. The number of carbonyl (C=O) groups excluding carboxylic acids is 1. The summed E-state index contributed by atoms with van der Waals surface area (Å²) < 4.78 is 13.4. The van der Waals surface area contributed by atoms with Crippen molar-refractivity contribution in [1.29, 1.82) is 0 Å². The van der Waals surface area contributed by atoms with Crippen LogP contribution in [0.2, 0.25) is 0 Å². The zero-order chi connectivity index (χ0) is 21.3. The minimum atomic E-state index is -0.988. The van der Waals surface area contributed by atoms with Gasteiger partial charge in [0.25, 0.3) is 5.91 Å². The van der Waals surface area contributed by atoms with Gasteiger partial charge in [-0.2, -0.15) is 0 Å². The highest BCUT2D eigenvalue weighted by molar-refractivity contribution is 7.98. The molecule has 2 atom stereocenters. The van der Waals surface area contributed by atoms with Crippen LogP contribution in [0, 0.1) is 5.82 Å². The van der Waals surface area contributed by atoms with Gasteiger partial charge in [0.2, 0.25) is 0 Å². The number of rotatable bonds is 5. The van der Waals surface area contributed by atoms with E-state index in [2.05, 4.69) is 0 Å². The van der Waals surface area contributed by atoms with Crippen LogP contribution in [0.15, 0.2) is 77.7 Å². The van der Waals surface area contributed by atoms with Gasteiger partial charge < -0.3 is 10.0 Å². The Bertz CT molecular complexity index is 1080. The second kappa shape index (κ2) is 8.32. The Kier molecular flexibility index (Phi) is 5.59. The van der Waals surface area contributed by atoms with Crippen LogP contribution in [0.4, 0.5) is 4.39 Å². The number of nitrogens with zero attached hydrogens (tertiary/aromatic N) is 1. The Morgan fingerprint density at radius 1 is 1.03 bits per heavy atom. The number of carbonyl (C=O) groups is 2. The van der Waals surface area contributed by atoms with Crippen molar-refractivity contribution >= 4 is 23.6 Å². The highest BCUT2D eigenvalue weighted by Crippen LogP contribution is 2.43. The number of aliphatic carboxylic acids is 1. The second-order valence-electron chi connectivity index (χ2n) is 7.18. The molecule has 0 unspecified atom stereocenters. The molecule has 152 valence electrons. The van der Waals surface area contributed by atoms with E-state index in [4.69, 9.17) is 0 Å². The predicted octanol–water partition coefficient (Wildman–Crippen LogP) is 5.11. The smallest absolute Gasteiger partial charge is 0.313 e. The van der Waals surface area contributed by atoms with Crippen LogP contribution in [0.25, 0.3) is 0 Å². The third-order valence-electron chi connectivity index (χ3n) is 5.43. The summed E-state index contributed by atoms with van der Waals surface area (Å²) in [5.41, 5.74) is 2.40. The van der Waals surface area contributed by atoms with Gasteiger partial charge in [0.1, 0.15) is 11.7 Å². The van der Waals surface area contributed by atoms with Gasteiger partial charge in [0.05, 0.1) is 6.04 Å². The monoisotopic (exact) mass is 421 g/mol. The van der Waals surface area contributed by atoms with Crippen molar-refractivity contribution in [3.05, 3.63) is 101 Å². The van der Waals surface area contributed by atoms with Gasteiger partial charge in [0, 0.05) is 17.0 Å². The molecule has 1 heterocycles. The summed E-state index contributed by atoms with van der Waals surface area (Å²) in [5, 5.41) is 10.1. The highest BCUT2D eigenvalue weighted by atomic mass is 32.2. The van der Waals surface area contributed by atoms with Gasteiger partial charge in [-0.1, -0.05) is 42.5 Å². The summed E-state index contributed by atoms with van der Waals surface area (Å²) in [5.74, 6) is -2.48. The van der Waals surface area contributed by atoms with E-state index in [0.29, 0.717) is 11.1 Å². The van der Waals surface area contributed by atoms with Crippen LogP contribution < -0.4 is 0 Å². The average Bonchev–Trinajstić information content (AvgIpc) is 2.76. The molecular formula is C24H20FNO3S. The molecule has 0 aromatic heterocycles. The van der Waals surface area contributed by atoms with E-state index >= 15 is 0 Å². The molecule has 30 heavy (non-hydrogen) atoms. The van der Waals surface area contributed by atoms with Crippen molar-refractivity contribution in [2.45, 2.75) is 23.4 Å². The Balaban J connectivity index is 1.85. The fourth-order valence-corrected chi connectivity index (χ4v) is 4.40. The van der Waals surface area contributed by atoms with Crippen molar-refractivity contribution < 1.29 is 19.1 Å². The largest absolute Gasteiger partial charge is 0.481 e. The minimum Gasteiger partial charge on any atom is -0.481 e. The zero-order valence-corrected chi connectivity index (χ0v) is 17.1. The summed E-state index contributed by atoms with van der Waals surface area (Å²) in [4.78, 5) is 28.4. The number of benzene rings is 3. The number of amides is 1. The fourth-order valence-electron chi connectivity index (χ4n) is 3.99. The van der Waals surface area contributed by atoms with E-state index < -0.39 is 17.9 Å². The number of halogens is 1.